The van der Waals surface area contributed by atoms with Crippen LogP contribution < -0.4 is 11.1 Å². The number of nitrogens with one attached hydrogen (secondary N) is 1. The van der Waals surface area contributed by atoms with E-state index < -0.39 is 0 Å². The van der Waals surface area contributed by atoms with E-state index in [2.05, 4.69) is 33.0 Å². The molecule has 4 nitrogen and oxygen atoms in total. The molecule has 0 aromatic heterocycles. The van der Waals surface area contributed by atoms with Gasteiger partial charge in [0.25, 0.3) is 0 Å². The van der Waals surface area contributed by atoms with Crippen LogP contribution in [0.1, 0.15) is 39.7 Å². The summed E-state index contributed by atoms with van der Waals surface area (Å²) in [5, 5.41) is 11.5. The average Bonchev–Trinajstić information content (AvgIpc) is 2.30. The van der Waals surface area contributed by atoms with Gasteiger partial charge >= 0.3 is 0 Å². The van der Waals surface area contributed by atoms with Crippen LogP contribution in [0.5, 0.6) is 0 Å². The van der Waals surface area contributed by atoms with Crippen molar-refractivity contribution in [3.8, 4) is 6.07 Å². The van der Waals surface area contributed by atoms with E-state index in [1.165, 1.54) is 0 Å². The molecule has 19 heavy (non-hydrogen) atoms. The SMILES string of the molecule is CC(CC(=O)Nc1ccc(C#N)cc1N)C(C)(C)C. The van der Waals surface area contributed by atoms with E-state index in [1.807, 2.05) is 6.07 Å². The maximum Gasteiger partial charge on any atom is 0.224 e. The highest BCUT2D eigenvalue weighted by molar-refractivity contribution is 5.94. The molecule has 1 aromatic carbocycles. The molecule has 0 aliphatic heterocycles. The van der Waals surface area contributed by atoms with Crippen LogP contribution in [0.25, 0.3) is 0 Å². The van der Waals surface area contributed by atoms with Crippen LogP contribution in [0, 0.1) is 22.7 Å². The van der Waals surface area contributed by atoms with Crippen LogP contribution in [0.3, 0.4) is 0 Å². The van der Waals surface area contributed by atoms with Gasteiger partial charge in [0.15, 0.2) is 0 Å². The molecular formula is C15H21N3O. The summed E-state index contributed by atoms with van der Waals surface area (Å²) in [4.78, 5) is 11.9. The number of amides is 1. The Morgan fingerprint density at radius 3 is 2.58 bits per heavy atom. The summed E-state index contributed by atoms with van der Waals surface area (Å²) in [6.45, 7) is 8.39. The minimum absolute atomic E-state index is 0.0566. The molecule has 1 amide bonds. The standard InChI is InChI=1S/C15H21N3O/c1-10(15(2,3)4)7-14(19)18-13-6-5-11(9-16)8-12(13)17/h5-6,8,10H,7,17H2,1-4H3,(H,18,19). The molecule has 4 heteroatoms. The Balaban J connectivity index is 2.71. The number of hydrogen-bond donors (Lipinski definition) is 2. The molecule has 0 saturated heterocycles. The van der Waals surface area contributed by atoms with E-state index in [1.54, 1.807) is 18.2 Å². The fraction of sp³-hybridized carbons (Fsp3) is 0.467. The summed E-state index contributed by atoms with van der Waals surface area (Å²) in [5.74, 6) is 0.214. The van der Waals surface area contributed by atoms with Gasteiger partial charge in [0, 0.05) is 6.42 Å². The quantitative estimate of drug-likeness (QED) is 0.818. The topological polar surface area (TPSA) is 78.9 Å². The molecule has 1 atom stereocenters. The molecule has 0 radical (unpaired) electrons. The van der Waals surface area contributed by atoms with Crippen molar-refractivity contribution in [1.82, 2.24) is 0 Å². The van der Waals surface area contributed by atoms with Gasteiger partial charge in [-0.1, -0.05) is 27.7 Å². The van der Waals surface area contributed by atoms with Crippen LogP contribution in [-0.4, -0.2) is 5.91 Å². The third-order valence-corrected chi connectivity index (χ3v) is 3.42. The minimum atomic E-state index is -0.0566. The number of carbonyl (C=O) groups is 1. The smallest absolute Gasteiger partial charge is 0.224 e. The molecule has 0 bridgehead atoms. The van der Waals surface area contributed by atoms with Gasteiger partial charge in [0.05, 0.1) is 23.0 Å². The van der Waals surface area contributed by atoms with Gasteiger partial charge in [-0.05, 0) is 29.5 Å². The maximum absolute atomic E-state index is 11.9. The second kappa shape index (κ2) is 5.75. The second-order valence-electron chi connectivity index (χ2n) is 5.93. The lowest BCUT2D eigenvalue weighted by Crippen LogP contribution is -2.24. The molecule has 1 aromatic rings. The normalized spacial score (nSPS) is 12.6. The molecular weight excluding hydrogens is 238 g/mol. The molecule has 0 spiro atoms. The van der Waals surface area contributed by atoms with E-state index in [0.29, 0.717) is 23.4 Å². The fourth-order valence-corrected chi connectivity index (χ4v) is 1.53. The third kappa shape index (κ3) is 4.29. The molecule has 0 heterocycles. The van der Waals surface area contributed by atoms with Crippen molar-refractivity contribution in [2.45, 2.75) is 34.1 Å². The highest BCUT2D eigenvalue weighted by Crippen LogP contribution is 2.28. The first-order valence-electron chi connectivity index (χ1n) is 6.33. The average molecular weight is 259 g/mol. The number of carbonyl (C=O) groups excluding carboxylic acids is 1. The maximum atomic E-state index is 11.9. The summed E-state index contributed by atoms with van der Waals surface area (Å²) in [6.07, 6.45) is 0.447. The predicted molar refractivity (Wildman–Crippen MR) is 77.4 cm³/mol. The van der Waals surface area contributed by atoms with Crippen molar-refractivity contribution in [3.63, 3.8) is 0 Å². The Bertz CT molecular complexity index is 509. The van der Waals surface area contributed by atoms with Gasteiger partial charge in [-0.3, -0.25) is 4.79 Å². The molecule has 3 N–H and O–H groups in total. The number of rotatable bonds is 3. The van der Waals surface area contributed by atoms with E-state index in [4.69, 9.17) is 11.0 Å². The van der Waals surface area contributed by atoms with E-state index in [0.717, 1.165) is 0 Å². The fourth-order valence-electron chi connectivity index (χ4n) is 1.53. The Morgan fingerprint density at radius 1 is 1.47 bits per heavy atom. The minimum Gasteiger partial charge on any atom is -0.397 e. The first kappa shape index (κ1) is 15.0. The number of nitrogens with two attached hydrogens (primary N) is 1. The van der Waals surface area contributed by atoms with Gasteiger partial charge in [0.1, 0.15) is 0 Å². The summed E-state index contributed by atoms with van der Waals surface area (Å²) >= 11 is 0. The van der Waals surface area contributed by atoms with Crippen LogP contribution in [-0.2, 0) is 4.79 Å². The second-order valence-corrected chi connectivity index (χ2v) is 5.93. The molecule has 1 unspecified atom stereocenters. The number of benzene rings is 1. The monoisotopic (exact) mass is 259 g/mol. The lowest BCUT2D eigenvalue weighted by atomic mass is 9.80. The molecule has 0 aliphatic rings. The van der Waals surface area contributed by atoms with Gasteiger partial charge in [-0.25, -0.2) is 0 Å². The summed E-state index contributed by atoms with van der Waals surface area (Å²) < 4.78 is 0. The molecule has 0 aliphatic carbocycles. The van der Waals surface area contributed by atoms with Crippen LogP contribution in [0.4, 0.5) is 11.4 Å². The van der Waals surface area contributed by atoms with Crippen molar-refractivity contribution < 1.29 is 4.79 Å². The zero-order valence-corrected chi connectivity index (χ0v) is 11.9. The van der Waals surface area contributed by atoms with E-state index in [-0.39, 0.29) is 17.2 Å². The highest BCUT2D eigenvalue weighted by Gasteiger charge is 2.22. The van der Waals surface area contributed by atoms with Gasteiger partial charge in [0.2, 0.25) is 5.91 Å². The largest absolute Gasteiger partial charge is 0.397 e. The van der Waals surface area contributed by atoms with Crippen LogP contribution in [0.15, 0.2) is 18.2 Å². The van der Waals surface area contributed by atoms with Crippen molar-refractivity contribution >= 4 is 17.3 Å². The van der Waals surface area contributed by atoms with E-state index >= 15 is 0 Å². The first-order chi connectivity index (χ1) is 8.74. The first-order valence-corrected chi connectivity index (χ1v) is 6.33. The number of hydrogen-bond acceptors (Lipinski definition) is 3. The summed E-state index contributed by atoms with van der Waals surface area (Å²) in [6, 6.07) is 6.86. The Morgan fingerprint density at radius 2 is 2.11 bits per heavy atom. The Hall–Kier alpha value is -2.02. The van der Waals surface area contributed by atoms with Gasteiger partial charge in [-0.15, -0.1) is 0 Å². The van der Waals surface area contributed by atoms with Crippen molar-refractivity contribution in [2.75, 3.05) is 11.1 Å². The predicted octanol–water partition coefficient (Wildman–Crippen LogP) is 3.15. The molecule has 1 rings (SSSR count). The van der Waals surface area contributed by atoms with Gasteiger partial charge < -0.3 is 11.1 Å². The molecule has 0 fully saturated rings. The zero-order chi connectivity index (χ0) is 14.6. The summed E-state index contributed by atoms with van der Waals surface area (Å²) in [7, 11) is 0. The number of anilines is 2. The number of nitrogen functional groups attached to an aromatic ring is 1. The third-order valence-electron chi connectivity index (χ3n) is 3.42. The van der Waals surface area contributed by atoms with Gasteiger partial charge in [-0.2, -0.15) is 5.26 Å². The zero-order valence-electron chi connectivity index (χ0n) is 11.9. The molecule has 0 saturated carbocycles. The van der Waals surface area contributed by atoms with Crippen molar-refractivity contribution in [3.05, 3.63) is 23.8 Å². The molecule has 102 valence electrons. The lowest BCUT2D eigenvalue weighted by molar-refractivity contribution is -0.117. The Kier molecular flexibility index (Phi) is 4.55. The number of nitriles is 1. The Labute approximate surface area is 114 Å². The van der Waals surface area contributed by atoms with Crippen molar-refractivity contribution in [1.29, 1.82) is 5.26 Å². The summed E-state index contributed by atoms with van der Waals surface area (Å²) in [5.41, 5.74) is 7.34. The van der Waals surface area contributed by atoms with Crippen molar-refractivity contribution in [2.24, 2.45) is 11.3 Å². The van der Waals surface area contributed by atoms with E-state index in [9.17, 15) is 4.79 Å². The lowest BCUT2D eigenvalue weighted by Gasteiger charge is -2.26. The number of nitrogens with zero attached hydrogens (tertiary/aromatic N) is 1. The highest BCUT2D eigenvalue weighted by atomic mass is 16.1. The van der Waals surface area contributed by atoms with Crippen LogP contribution in [0.2, 0.25) is 0 Å². The van der Waals surface area contributed by atoms with Crippen LogP contribution >= 0.6 is 0 Å².